The van der Waals surface area contributed by atoms with Gasteiger partial charge in [-0.2, -0.15) is 0 Å². The maximum Gasteiger partial charge on any atom is 0.0587 e. The summed E-state index contributed by atoms with van der Waals surface area (Å²) in [7, 11) is 0. The fourth-order valence-electron chi connectivity index (χ4n) is 2.21. The van der Waals surface area contributed by atoms with E-state index in [1.54, 1.807) is 0 Å². The molecule has 0 bridgehead atoms. The van der Waals surface area contributed by atoms with E-state index in [4.69, 9.17) is 0 Å². The average Bonchev–Trinajstić information content (AvgIpc) is 2.82. The second-order valence-corrected chi connectivity index (χ2v) is 4.43. The quantitative estimate of drug-likeness (QED) is 0.678. The molecule has 0 aromatic heterocycles. The van der Waals surface area contributed by atoms with Crippen LogP contribution in [0.15, 0.2) is 30.3 Å². The van der Waals surface area contributed by atoms with E-state index in [-0.39, 0.29) is 12.6 Å². The van der Waals surface area contributed by atoms with Crippen molar-refractivity contribution < 1.29 is 5.11 Å². The van der Waals surface area contributed by atoms with Crippen LogP contribution in [0, 0.1) is 0 Å². The third kappa shape index (κ3) is 3.30. The lowest BCUT2D eigenvalue weighted by atomic mass is 10.1. The van der Waals surface area contributed by atoms with Gasteiger partial charge in [-0.25, -0.2) is 0 Å². The molecule has 1 heterocycles. The monoisotopic (exact) mass is 220 g/mol. The number of nitrogens with one attached hydrogen (secondary N) is 2. The van der Waals surface area contributed by atoms with E-state index in [0.717, 1.165) is 25.9 Å². The van der Waals surface area contributed by atoms with Crippen molar-refractivity contribution >= 4 is 0 Å². The number of aliphatic hydroxyl groups is 1. The van der Waals surface area contributed by atoms with Crippen LogP contribution in [0.5, 0.6) is 0 Å². The SMILES string of the molecule is OC[C@H](Cc1ccccc1)NC1CCNC1. The zero-order chi connectivity index (χ0) is 11.2. The zero-order valence-corrected chi connectivity index (χ0v) is 9.52. The minimum atomic E-state index is 0.173. The first-order chi connectivity index (χ1) is 7.88. The number of rotatable bonds is 5. The third-order valence-electron chi connectivity index (χ3n) is 3.08. The summed E-state index contributed by atoms with van der Waals surface area (Å²) in [5.74, 6) is 0. The molecule has 0 radical (unpaired) electrons. The van der Waals surface area contributed by atoms with E-state index in [1.165, 1.54) is 5.56 Å². The summed E-state index contributed by atoms with van der Waals surface area (Å²) >= 11 is 0. The fourth-order valence-corrected chi connectivity index (χ4v) is 2.21. The lowest BCUT2D eigenvalue weighted by molar-refractivity contribution is 0.232. The van der Waals surface area contributed by atoms with Gasteiger partial charge in [0.2, 0.25) is 0 Å². The minimum Gasteiger partial charge on any atom is -0.395 e. The van der Waals surface area contributed by atoms with Crippen LogP contribution in [0.3, 0.4) is 0 Å². The highest BCUT2D eigenvalue weighted by molar-refractivity contribution is 5.16. The molecule has 16 heavy (non-hydrogen) atoms. The summed E-state index contributed by atoms with van der Waals surface area (Å²) in [6.07, 6.45) is 2.05. The maximum atomic E-state index is 9.36. The number of hydrogen-bond donors (Lipinski definition) is 3. The zero-order valence-electron chi connectivity index (χ0n) is 9.52. The van der Waals surface area contributed by atoms with Crippen molar-refractivity contribution in [3.05, 3.63) is 35.9 Å². The summed E-state index contributed by atoms with van der Waals surface area (Å²) in [6, 6.07) is 11.0. The molecule has 3 nitrogen and oxygen atoms in total. The molecule has 3 N–H and O–H groups in total. The van der Waals surface area contributed by atoms with Crippen molar-refractivity contribution in [3.8, 4) is 0 Å². The number of aliphatic hydroxyl groups excluding tert-OH is 1. The molecule has 1 aliphatic heterocycles. The van der Waals surface area contributed by atoms with Crippen molar-refractivity contribution in [2.24, 2.45) is 0 Å². The molecule has 1 aliphatic rings. The number of hydrogen-bond acceptors (Lipinski definition) is 3. The Morgan fingerprint density at radius 3 is 2.81 bits per heavy atom. The van der Waals surface area contributed by atoms with E-state index in [1.807, 2.05) is 18.2 Å². The third-order valence-corrected chi connectivity index (χ3v) is 3.08. The van der Waals surface area contributed by atoms with Crippen LogP contribution < -0.4 is 10.6 Å². The molecule has 0 aliphatic carbocycles. The molecule has 1 saturated heterocycles. The Labute approximate surface area is 96.9 Å². The van der Waals surface area contributed by atoms with E-state index in [2.05, 4.69) is 22.8 Å². The van der Waals surface area contributed by atoms with Crippen LogP contribution >= 0.6 is 0 Å². The predicted octanol–water partition coefficient (Wildman–Crippen LogP) is 0.541. The predicted molar refractivity (Wildman–Crippen MR) is 65.4 cm³/mol. The minimum absolute atomic E-state index is 0.173. The van der Waals surface area contributed by atoms with Crippen LogP contribution in [-0.4, -0.2) is 36.9 Å². The smallest absolute Gasteiger partial charge is 0.0587 e. The first-order valence-electron chi connectivity index (χ1n) is 6.00. The maximum absolute atomic E-state index is 9.36. The van der Waals surface area contributed by atoms with Gasteiger partial charge in [-0.15, -0.1) is 0 Å². The Balaban J connectivity index is 1.85. The van der Waals surface area contributed by atoms with E-state index in [9.17, 15) is 5.11 Å². The topological polar surface area (TPSA) is 44.3 Å². The van der Waals surface area contributed by atoms with Gasteiger partial charge in [-0.3, -0.25) is 0 Å². The Bertz CT molecular complexity index is 296. The van der Waals surface area contributed by atoms with Crippen molar-refractivity contribution in [2.75, 3.05) is 19.7 Å². The first-order valence-corrected chi connectivity index (χ1v) is 6.00. The Morgan fingerprint density at radius 1 is 1.38 bits per heavy atom. The van der Waals surface area contributed by atoms with Crippen molar-refractivity contribution in [2.45, 2.75) is 24.9 Å². The Kier molecular flexibility index (Phi) is 4.34. The molecular formula is C13H20N2O. The van der Waals surface area contributed by atoms with Gasteiger partial charge in [-0.1, -0.05) is 30.3 Å². The summed E-state index contributed by atoms with van der Waals surface area (Å²) in [5, 5.41) is 16.2. The summed E-state index contributed by atoms with van der Waals surface area (Å²) < 4.78 is 0. The molecule has 1 aromatic rings. The van der Waals surface area contributed by atoms with Gasteiger partial charge in [0.15, 0.2) is 0 Å². The molecule has 0 amide bonds. The van der Waals surface area contributed by atoms with Crippen molar-refractivity contribution in [3.63, 3.8) is 0 Å². The fraction of sp³-hybridized carbons (Fsp3) is 0.538. The second-order valence-electron chi connectivity index (χ2n) is 4.43. The van der Waals surface area contributed by atoms with E-state index in [0.29, 0.717) is 6.04 Å². The summed E-state index contributed by atoms with van der Waals surface area (Å²) in [6.45, 7) is 2.30. The van der Waals surface area contributed by atoms with Gasteiger partial charge in [0.1, 0.15) is 0 Å². The van der Waals surface area contributed by atoms with Gasteiger partial charge in [0.05, 0.1) is 6.61 Å². The number of benzene rings is 1. The molecule has 0 spiro atoms. The van der Waals surface area contributed by atoms with Crippen LogP contribution in [0.4, 0.5) is 0 Å². The van der Waals surface area contributed by atoms with Crippen LogP contribution in [0.2, 0.25) is 0 Å². The summed E-state index contributed by atoms with van der Waals surface area (Å²) in [5.41, 5.74) is 1.28. The van der Waals surface area contributed by atoms with Gasteiger partial charge in [0, 0.05) is 18.6 Å². The average molecular weight is 220 g/mol. The molecule has 3 heteroatoms. The van der Waals surface area contributed by atoms with Crippen LogP contribution in [0.1, 0.15) is 12.0 Å². The summed E-state index contributed by atoms with van der Waals surface area (Å²) in [4.78, 5) is 0. The Morgan fingerprint density at radius 2 is 2.19 bits per heavy atom. The standard InChI is InChI=1S/C13H20N2O/c16-10-13(15-12-6-7-14-9-12)8-11-4-2-1-3-5-11/h1-5,12-16H,6-10H2/t12?,13-/m0/s1. The molecule has 88 valence electrons. The van der Waals surface area contributed by atoms with Gasteiger partial charge >= 0.3 is 0 Å². The molecule has 1 fully saturated rings. The van der Waals surface area contributed by atoms with Gasteiger partial charge < -0.3 is 15.7 Å². The highest BCUT2D eigenvalue weighted by atomic mass is 16.3. The van der Waals surface area contributed by atoms with Crippen LogP contribution in [-0.2, 0) is 6.42 Å². The van der Waals surface area contributed by atoms with E-state index < -0.39 is 0 Å². The Hall–Kier alpha value is -0.900. The highest BCUT2D eigenvalue weighted by Crippen LogP contribution is 2.05. The molecule has 2 rings (SSSR count). The first kappa shape index (κ1) is 11.6. The van der Waals surface area contributed by atoms with E-state index >= 15 is 0 Å². The normalized spacial score (nSPS) is 22.2. The molecule has 1 aromatic carbocycles. The largest absolute Gasteiger partial charge is 0.395 e. The molecule has 2 atom stereocenters. The lowest BCUT2D eigenvalue weighted by Gasteiger charge is -2.20. The second kappa shape index (κ2) is 5.99. The van der Waals surface area contributed by atoms with Crippen LogP contribution in [0.25, 0.3) is 0 Å². The van der Waals surface area contributed by atoms with Gasteiger partial charge in [0.25, 0.3) is 0 Å². The molecular weight excluding hydrogens is 200 g/mol. The lowest BCUT2D eigenvalue weighted by Crippen LogP contribution is -2.42. The highest BCUT2D eigenvalue weighted by Gasteiger charge is 2.18. The molecule has 0 saturated carbocycles. The van der Waals surface area contributed by atoms with Crippen molar-refractivity contribution in [1.29, 1.82) is 0 Å². The van der Waals surface area contributed by atoms with Crippen molar-refractivity contribution in [1.82, 2.24) is 10.6 Å². The molecule has 1 unspecified atom stereocenters. The van der Waals surface area contributed by atoms with Gasteiger partial charge in [-0.05, 0) is 24.9 Å².